The van der Waals surface area contributed by atoms with Gasteiger partial charge in [0.2, 0.25) is 0 Å². The summed E-state index contributed by atoms with van der Waals surface area (Å²) in [5.74, 6) is 3.05. The summed E-state index contributed by atoms with van der Waals surface area (Å²) in [6.45, 7) is 6.84. The van der Waals surface area contributed by atoms with E-state index in [0.717, 1.165) is 42.6 Å². The number of aromatic nitrogens is 1. The van der Waals surface area contributed by atoms with E-state index in [0.29, 0.717) is 11.7 Å². The topological polar surface area (TPSA) is 57.4 Å². The van der Waals surface area contributed by atoms with Gasteiger partial charge in [0.15, 0.2) is 0 Å². The summed E-state index contributed by atoms with van der Waals surface area (Å²) in [4.78, 5) is 17.6. The molecule has 1 saturated heterocycles. The number of carbonyl (C=O) groups is 1. The van der Waals surface area contributed by atoms with Crippen molar-refractivity contribution < 1.29 is 9.53 Å². The van der Waals surface area contributed by atoms with Crippen LogP contribution in [0.15, 0.2) is 24.3 Å². The van der Waals surface area contributed by atoms with Crippen LogP contribution >= 0.6 is 0 Å². The fourth-order valence-corrected chi connectivity index (χ4v) is 3.24. The van der Waals surface area contributed by atoms with Crippen LogP contribution in [0.25, 0.3) is 10.9 Å². The number of nitrogens with zero attached hydrogens (tertiary/aromatic N) is 1. The van der Waals surface area contributed by atoms with Crippen LogP contribution in [0.1, 0.15) is 37.2 Å². The third-order valence-corrected chi connectivity index (χ3v) is 4.70. The van der Waals surface area contributed by atoms with Crippen molar-refractivity contribution in [3.8, 4) is 18.1 Å². The molecule has 0 saturated carbocycles. The van der Waals surface area contributed by atoms with Gasteiger partial charge in [0.05, 0.1) is 6.54 Å². The van der Waals surface area contributed by atoms with E-state index in [-0.39, 0.29) is 18.6 Å². The summed E-state index contributed by atoms with van der Waals surface area (Å²) < 4.78 is 6.16. The second-order valence-corrected chi connectivity index (χ2v) is 6.77. The third-order valence-electron chi connectivity index (χ3n) is 4.70. The SMILES string of the molecule is C#CCNC(=O)c1cc2cc(OC3CCN(C(C)C)CC3)ccc2[nH]1. The predicted molar refractivity (Wildman–Crippen MR) is 99.8 cm³/mol. The number of amides is 1. The molecule has 0 spiro atoms. The Morgan fingerprint density at radius 3 is 2.84 bits per heavy atom. The van der Waals surface area contributed by atoms with E-state index in [1.807, 2.05) is 24.3 Å². The first-order valence-electron chi connectivity index (χ1n) is 8.82. The molecule has 0 unspecified atom stereocenters. The first-order valence-corrected chi connectivity index (χ1v) is 8.82. The van der Waals surface area contributed by atoms with Gasteiger partial charge in [-0.2, -0.15) is 0 Å². The number of H-pyrrole nitrogens is 1. The van der Waals surface area contributed by atoms with Crippen LogP contribution in [-0.2, 0) is 0 Å². The standard InChI is InChI=1S/C20H25N3O2/c1-4-9-21-20(24)19-13-15-12-17(5-6-18(15)22-19)25-16-7-10-23(11-8-16)14(2)3/h1,5-6,12-14,16,22H,7-11H2,2-3H3,(H,21,24). The zero-order chi connectivity index (χ0) is 17.8. The van der Waals surface area contributed by atoms with Gasteiger partial charge >= 0.3 is 0 Å². The fraction of sp³-hybridized carbons (Fsp3) is 0.450. The van der Waals surface area contributed by atoms with Crippen molar-refractivity contribution in [2.24, 2.45) is 0 Å². The molecule has 0 aliphatic carbocycles. The van der Waals surface area contributed by atoms with Crippen LogP contribution in [-0.4, -0.2) is 47.6 Å². The van der Waals surface area contributed by atoms with Gasteiger partial charge in [-0.1, -0.05) is 5.92 Å². The summed E-state index contributed by atoms with van der Waals surface area (Å²) in [7, 11) is 0. The van der Waals surface area contributed by atoms with Gasteiger partial charge < -0.3 is 19.9 Å². The van der Waals surface area contributed by atoms with Crippen molar-refractivity contribution in [3.63, 3.8) is 0 Å². The molecule has 3 rings (SSSR count). The maximum atomic E-state index is 12.0. The monoisotopic (exact) mass is 339 g/mol. The van der Waals surface area contributed by atoms with Crippen molar-refractivity contribution in [1.82, 2.24) is 15.2 Å². The Labute approximate surface area is 148 Å². The molecule has 2 aromatic rings. The summed E-state index contributed by atoms with van der Waals surface area (Å²) in [5.41, 5.74) is 1.42. The first-order chi connectivity index (χ1) is 12.1. The number of benzene rings is 1. The molecule has 1 aromatic heterocycles. The summed E-state index contributed by atoms with van der Waals surface area (Å²) >= 11 is 0. The number of piperidine rings is 1. The Hall–Kier alpha value is -2.45. The molecule has 0 atom stereocenters. The highest BCUT2D eigenvalue weighted by molar-refractivity contribution is 5.98. The molecule has 25 heavy (non-hydrogen) atoms. The maximum absolute atomic E-state index is 12.0. The fourth-order valence-electron chi connectivity index (χ4n) is 3.24. The minimum atomic E-state index is -0.197. The van der Waals surface area contributed by atoms with E-state index in [2.05, 4.69) is 35.0 Å². The van der Waals surface area contributed by atoms with E-state index >= 15 is 0 Å². The number of hydrogen-bond donors (Lipinski definition) is 2. The number of rotatable bonds is 5. The lowest BCUT2D eigenvalue weighted by molar-refractivity contribution is 0.0844. The Bertz CT molecular complexity index is 780. The van der Waals surface area contributed by atoms with E-state index in [1.54, 1.807) is 0 Å². The van der Waals surface area contributed by atoms with Crippen molar-refractivity contribution in [2.75, 3.05) is 19.6 Å². The second kappa shape index (κ2) is 7.62. The number of aromatic amines is 1. The van der Waals surface area contributed by atoms with Gasteiger partial charge in [0, 0.05) is 30.0 Å². The van der Waals surface area contributed by atoms with Crippen molar-refractivity contribution >= 4 is 16.8 Å². The lowest BCUT2D eigenvalue weighted by Gasteiger charge is -2.34. The van der Waals surface area contributed by atoms with Crippen LogP contribution in [0.4, 0.5) is 0 Å². The lowest BCUT2D eigenvalue weighted by Crippen LogP contribution is -2.41. The maximum Gasteiger partial charge on any atom is 0.268 e. The Balaban J connectivity index is 1.65. The summed E-state index contributed by atoms with van der Waals surface area (Å²) in [5, 5.41) is 3.62. The van der Waals surface area contributed by atoms with Crippen molar-refractivity contribution in [2.45, 2.75) is 38.8 Å². The van der Waals surface area contributed by atoms with Gasteiger partial charge in [0.25, 0.3) is 5.91 Å². The molecule has 1 fully saturated rings. The predicted octanol–water partition coefficient (Wildman–Crippen LogP) is 2.78. The quantitative estimate of drug-likeness (QED) is 0.824. The number of ether oxygens (including phenoxy) is 1. The molecule has 1 aromatic carbocycles. The number of terminal acetylenes is 1. The highest BCUT2D eigenvalue weighted by atomic mass is 16.5. The van der Waals surface area contributed by atoms with Gasteiger partial charge in [-0.3, -0.25) is 4.79 Å². The van der Waals surface area contributed by atoms with E-state index in [4.69, 9.17) is 11.2 Å². The normalized spacial score (nSPS) is 16.1. The van der Waals surface area contributed by atoms with E-state index in [9.17, 15) is 4.79 Å². The molecular weight excluding hydrogens is 314 g/mol. The molecule has 132 valence electrons. The molecule has 5 nitrogen and oxygen atoms in total. The van der Waals surface area contributed by atoms with Crippen LogP contribution in [0.5, 0.6) is 5.75 Å². The van der Waals surface area contributed by atoms with Crippen LogP contribution < -0.4 is 10.1 Å². The molecule has 1 aliphatic heterocycles. The highest BCUT2D eigenvalue weighted by Crippen LogP contribution is 2.25. The van der Waals surface area contributed by atoms with Crippen molar-refractivity contribution in [3.05, 3.63) is 30.0 Å². The van der Waals surface area contributed by atoms with E-state index < -0.39 is 0 Å². The smallest absolute Gasteiger partial charge is 0.268 e. The van der Waals surface area contributed by atoms with Crippen LogP contribution in [0.2, 0.25) is 0 Å². The summed E-state index contributed by atoms with van der Waals surface area (Å²) in [6, 6.07) is 8.31. The number of likely N-dealkylation sites (tertiary alicyclic amines) is 1. The minimum Gasteiger partial charge on any atom is -0.490 e. The van der Waals surface area contributed by atoms with Gasteiger partial charge in [-0.25, -0.2) is 0 Å². The zero-order valence-electron chi connectivity index (χ0n) is 14.8. The highest BCUT2D eigenvalue weighted by Gasteiger charge is 2.22. The average molecular weight is 339 g/mol. The molecule has 2 heterocycles. The number of fused-ring (bicyclic) bond motifs is 1. The van der Waals surface area contributed by atoms with Gasteiger partial charge in [0.1, 0.15) is 17.5 Å². The Kier molecular flexibility index (Phi) is 5.30. The molecule has 1 amide bonds. The number of carbonyl (C=O) groups excluding carboxylic acids is 1. The number of nitrogens with one attached hydrogen (secondary N) is 2. The first kappa shape index (κ1) is 17.4. The lowest BCUT2D eigenvalue weighted by atomic mass is 10.1. The van der Waals surface area contributed by atoms with Crippen LogP contribution in [0.3, 0.4) is 0 Å². The third kappa shape index (κ3) is 4.15. The molecule has 1 aliphatic rings. The Morgan fingerprint density at radius 1 is 1.40 bits per heavy atom. The zero-order valence-corrected chi connectivity index (χ0v) is 14.8. The van der Waals surface area contributed by atoms with Gasteiger partial charge in [-0.05, 0) is 51.0 Å². The van der Waals surface area contributed by atoms with E-state index in [1.165, 1.54) is 0 Å². The second-order valence-electron chi connectivity index (χ2n) is 6.77. The average Bonchev–Trinajstić information content (AvgIpc) is 3.03. The molecule has 0 radical (unpaired) electrons. The van der Waals surface area contributed by atoms with Crippen LogP contribution in [0, 0.1) is 12.3 Å². The van der Waals surface area contributed by atoms with Crippen molar-refractivity contribution in [1.29, 1.82) is 0 Å². The molecular formula is C20H25N3O2. The summed E-state index contributed by atoms with van der Waals surface area (Å²) in [6.07, 6.45) is 7.51. The number of hydrogen-bond acceptors (Lipinski definition) is 3. The molecule has 5 heteroatoms. The largest absolute Gasteiger partial charge is 0.490 e. The molecule has 2 N–H and O–H groups in total. The van der Waals surface area contributed by atoms with Gasteiger partial charge in [-0.15, -0.1) is 6.42 Å². The Morgan fingerprint density at radius 2 is 2.16 bits per heavy atom. The molecule has 0 bridgehead atoms. The minimum absolute atomic E-state index is 0.197.